The van der Waals surface area contributed by atoms with Crippen molar-refractivity contribution in [2.24, 2.45) is 0 Å². The maximum atomic E-state index is 13.8. The molecule has 0 bridgehead atoms. The molecule has 0 atom stereocenters. The summed E-state index contributed by atoms with van der Waals surface area (Å²) in [5.74, 6) is -2.36. The highest BCUT2D eigenvalue weighted by atomic mass is 19.1. The molecule has 0 aliphatic heterocycles. The summed E-state index contributed by atoms with van der Waals surface area (Å²) in [6.45, 7) is 1.48. The molecule has 21 heavy (non-hydrogen) atoms. The van der Waals surface area contributed by atoms with Gasteiger partial charge in [-0.25, -0.2) is 8.78 Å². The summed E-state index contributed by atoms with van der Waals surface area (Å²) in [7, 11) is 3.07. The number of methoxy groups -OCH3 is 2. The SMILES string of the molecule is COCCCN(CCOC)C(=O)c1cc(N)c(F)cc1F. The molecule has 0 heterocycles. The van der Waals surface area contributed by atoms with Crippen LogP contribution in [0.2, 0.25) is 0 Å². The van der Waals surface area contributed by atoms with Gasteiger partial charge in [0, 0.05) is 40.0 Å². The summed E-state index contributed by atoms with van der Waals surface area (Å²) in [6.07, 6.45) is 0.601. The van der Waals surface area contributed by atoms with E-state index in [-0.39, 0.29) is 11.3 Å². The molecule has 1 rings (SSSR count). The van der Waals surface area contributed by atoms with Crippen molar-refractivity contribution in [3.05, 3.63) is 29.3 Å². The van der Waals surface area contributed by atoms with Crippen LogP contribution in [0.1, 0.15) is 16.8 Å². The number of nitrogens with zero attached hydrogens (tertiary/aromatic N) is 1. The van der Waals surface area contributed by atoms with Crippen molar-refractivity contribution in [3.8, 4) is 0 Å². The van der Waals surface area contributed by atoms with E-state index in [1.54, 1.807) is 7.11 Å². The Balaban J connectivity index is 2.90. The Morgan fingerprint density at radius 3 is 2.43 bits per heavy atom. The summed E-state index contributed by atoms with van der Waals surface area (Å²) in [4.78, 5) is 13.8. The second-order valence-electron chi connectivity index (χ2n) is 4.48. The van der Waals surface area contributed by atoms with Gasteiger partial charge in [0.15, 0.2) is 0 Å². The van der Waals surface area contributed by atoms with Gasteiger partial charge in [0.2, 0.25) is 0 Å². The molecule has 7 heteroatoms. The van der Waals surface area contributed by atoms with Crippen LogP contribution >= 0.6 is 0 Å². The Bertz CT molecular complexity index is 484. The van der Waals surface area contributed by atoms with Crippen LogP contribution in [0.5, 0.6) is 0 Å². The third kappa shape index (κ3) is 4.95. The maximum Gasteiger partial charge on any atom is 0.256 e. The largest absolute Gasteiger partial charge is 0.396 e. The van der Waals surface area contributed by atoms with Crippen LogP contribution in [0.25, 0.3) is 0 Å². The summed E-state index contributed by atoms with van der Waals surface area (Å²) in [5, 5.41) is 0. The van der Waals surface area contributed by atoms with E-state index in [4.69, 9.17) is 15.2 Å². The average molecular weight is 302 g/mol. The van der Waals surface area contributed by atoms with E-state index in [9.17, 15) is 13.6 Å². The van der Waals surface area contributed by atoms with Gasteiger partial charge in [0.1, 0.15) is 11.6 Å². The van der Waals surface area contributed by atoms with Gasteiger partial charge >= 0.3 is 0 Å². The minimum Gasteiger partial charge on any atom is -0.396 e. The number of carbonyl (C=O) groups excluding carboxylic acids is 1. The predicted octanol–water partition coefficient (Wildman–Crippen LogP) is 1.67. The van der Waals surface area contributed by atoms with Crippen LogP contribution in [0, 0.1) is 11.6 Å². The molecule has 0 unspecified atom stereocenters. The van der Waals surface area contributed by atoms with Gasteiger partial charge in [-0.05, 0) is 12.5 Å². The molecule has 0 saturated heterocycles. The Kier molecular flexibility index (Phi) is 7.04. The van der Waals surface area contributed by atoms with E-state index in [2.05, 4.69) is 0 Å². The Labute approximate surface area is 122 Å². The second-order valence-corrected chi connectivity index (χ2v) is 4.48. The number of anilines is 1. The predicted molar refractivity (Wildman–Crippen MR) is 75.0 cm³/mol. The van der Waals surface area contributed by atoms with Gasteiger partial charge in [0.25, 0.3) is 5.91 Å². The molecular formula is C14H20F2N2O3. The standard InChI is InChI=1S/C14H20F2N2O3/c1-20-6-3-4-18(5-7-21-2)14(19)10-8-13(17)12(16)9-11(10)15/h8-9H,3-7,17H2,1-2H3. The zero-order chi connectivity index (χ0) is 15.8. The van der Waals surface area contributed by atoms with Crippen molar-refractivity contribution in [3.63, 3.8) is 0 Å². The smallest absolute Gasteiger partial charge is 0.256 e. The van der Waals surface area contributed by atoms with Gasteiger partial charge in [-0.15, -0.1) is 0 Å². The monoisotopic (exact) mass is 302 g/mol. The fraction of sp³-hybridized carbons (Fsp3) is 0.500. The van der Waals surface area contributed by atoms with Gasteiger partial charge in [-0.3, -0.25) is 4.79 Å². The lowest BCUT2D eigenvalue weighted by Gasteiger charge is -2.22. The van der Waals surface area contributed by atoms with E-state index in [1.807, 2.05) is 0 Å². The first-order valence-electron chi connectivity index (χ1n) is 6.53. The first kappa shape index (κ1) is 17.3. The van der Waals surface area contributed by atoms with E-state index in [0.717, 1.165) is 6.07 Å². The number of hydrogen-bond acceptors (Lipinski definition) is 4. The topological polar surface area (TPSA) is 64.8 Å². The molecule has 0 aliphatic carbocycles. The number of rotatable bonds is 8. The van der Waals surface area contributed by atoms with Crippen LogP contribution in [0.4, 0.5) is 14.5 Å². The summed E-state index contributed by atoms with van der Waals surface area (Å²) in [6, 6.07) is 1.63. The molecule has 0 radical (unpaired) electrons. The first-order valence-corrected chi connectivity index (χ1v) is 6.53. The molecule has 0 aromatic heterocycles. The highest BCUT2D eigenvalue weighted by molar-refractivity contribution is 5.95. The normalized spacial score (nSPS) is 10.7. The average Bonchev–Trinajstić information content (AvgIpc) is 2.46. The number of nitrogens with two attached hydrogens (primary N) is 1. The van der Waals surface area contributed by atoms with Crippen LogP contribution in [0.3, 0.4) is 0 Å². The molecule has 1 aromatic carbocycles. The number of benzene rings is 1. The lowest BCUT2D eigenvalue weighted by atomic mass is 10.1. The Hall–Kier alpha value is -1.73. The molecule has 118 valence electrons. The number of ether oxygens (including phenoxy) is 2. The number of halogens is 2. The van der Waals surface area contributed by atoms with Crippen molar-refractivity contribution in [1.29, 1.82) is 0 Å². The summed E-state index contributed by atoms with van der Waals surface area (Å²) >= 11 is 0. The van der Waals surface area contributed by atoms with Crippen LogP contribution in [-0.4, -0.2) is 51.3 Å². The highest BCUT2D eigenvalue weighted by Gasteiger charge is 2.20. The van der Waals surface area contributed by atoms with Crippen LogP contribution < -0.4 is 5.73 Å². The van der Waals surface area contributed by atoms with Crippen molar-refractivity contribution in [1.82, 2.24) is 4.90 Å². The van der Waals surface area contributed by atoms with Gasteiger partial charge in [-0.1, -0.05) is 0 Å². The van der Waals surface area contributed by atoms with E-state index >= 15 is 0 Å². The van der Waals surface area contributed by atoms with Crippen LogP contribution in [-0.2, 0) is 9.47 Å². The Morgan fingerprint density at radius 2 is 1.81 bits per heavy atom. The van der Waals surface area contributed by atoms with Gasteiger partial charge < -0.3 is 20.1 Å². The molecular weight excluding hydrogens is 282 g/mol. The van der Waals surface area contributed by atoms with Crippen molar-refractivity contribution in [2.75, 3.05) is 46.3 Å². The summed E-state index contributed by atoms with van der Waals surface area (Å²) < 4.78 is 36.8. The highest BCUT2D eigenvalue weighted by Crippen LogP contribution is 2.18. The molecule has 0 saturated carbocycles. The molecule has 0 spiro atoms. The van der Waals surface area contributed by atoms with Gasteiger partial charge in [-0.2, -0.15) is 0 Å². The third-order valence-corrected chi connectivity index (χ3v) is 2.95. The quantitative estimate of drug-likeness (QED) is 0.586. The molecule has 0 fully saturated rings. The van der Waals surface area contributed by atoms with E-state index in [1.165, 1.54) is 12.0 Å². The number of nitrogen functional groups attached to an aromatic ring is 1. The number of carbonyl (C=O) groups is 1. The maximum absolute atomic E-state index is 13.8. The third-order valence-electron chi connectivity index (χ3n) is 2.95. The lowest BCUT2D eigenvalue weighted by Crippen LogP contribution is -2.35. The summed E-state index contributed by atoms with van der Waals surface area (Å²) in [5.41, 5.74) is 4.88. The Morgan fingerprint density at radius 1 is 1.14 bits per heavy atom. The minimum absolute atomic E-state index is 0.248. The van der Waals surface area contributed by atoms with E-state index < -0.39 is 17.5 Å². The fourth-order valence-corrected chi connectivity index (χ4v) is 1.82. The molecule has 0 aliphatic rings. The lowest BCUT2D eigenvalue weighted by molar-refractivity contribution is 0.0669. The minimum atomic E-state index is -0.930. The number of hydrogen-bond donors (Lipinski definition) is 1. The fourth-order valence-electron chi connectivity index (χ4n) is 1.82. The zero-order valence-corrected chi connectivity index (χ0v) is 12.2. The number of amides is 1. The van der Waals surface area contributed by atoms with E-state index in [0.29, 0.717) is 38.8 Å². The van der Waals surface area contributed by atoms with Crippen LogP contribution in [0.15, 0.2) is 12.1 Å². The van der Waals surface area contributed by atoms with Gasteiger partial charge in [0.05, 0.1) is 17.9 Å². The molecule has 1 aromatic rings. The van der Waals surface area contributed by atoms with Crippen molar-refractivity contribution in [2.45, 2.75) is 6.42 Å². The second kappa shape index (κ2) is 8.53. The first-order chi connectivity index (χ1) is 10.0. The molecule has 2 N–H and O–H groups in total. The van der Waals surface area contributed by atoms with Crippen molar-refractivity contribution >= 4 is 11.6 Å². The molecule has 5 nitrogen and oxygen atoms in total. The molecule has 1 amide bonds. The van der Waals surface area contributed by atoms with Crippen molar-refractivity contribution < 1.29 is 23.0 Å². The zero-order valence-electron chi connectivity index (χ0n) is 12.2.